The number of nitriles is 1. The summed E-state index contributed by atoms with van der Waals surface area (Å²) in [4.78, 5) is 1.69. The molecule has 0 fully saturated rings. The van der Waals surface area contributed by atoms with Gasteiger partial charge in [-0.3, -0.25) is 0 Å². The van der Waals surface area contributed by atoms with Gasteiger partial charge in [0.05, 0.1) is 18.2 Å². The van der Waals surface area contributed by atoms with Crippen molar-refractivity contribution >= 4 is 5.69 Å². The Labute approximate surface area is 77.2 Å². The number of hydrogen-bond acceptors (Lipinski definition) is 2. The van der Waals surface area contributed by atoms with Crippen LogP contribution in [0.1, 0.15) is 5.56 Å². The van der Waals surface area contributed by atoms with Gasteiger partial charge in [0.15, 0.2) is 5.82 Å². The molecule has 0 aliphatic rings. The van der Waals surface area contributed by atoms with E-state index < -0.39 is 0 Å². The highest BCUT2D eigenvalue weighted by Crippen LogP contribution is 2.20. The molecule has 0 unspecified atom stereocenters. The van der Waals surface area contributed by atoms with Crippen molar-refractivity contribution in [2.75, 3.05) is 19.0 Å². The molecule has 0 aliphatic carbocycles. The minimum atomic E-state index is -0.297. The van der Waals surface area contributed by atoms with Crippen molar-refractivity contribution < 1.29 is 4.39 Å². The van der Waals surface area contributed by atoms with Crippen LogP contribution in [0.5, 0.6) is 0 Å². The fourth-order valence-corrected chi connectivity index (χ4v) is 1.13. The lowest BCUT2D eigenvalue weighted by atomic mass is 10.1. The van der Waals surface area contributed by atoms with E-state index in [0.717, 1.165) is 0 Å². The maximum Gasteiger partial charge on any atom is 0.150 e. The minimum absolute atomic E-state index is 0.119. The molecular weight excluding hydrogens is 167 g/mol. The van der Waals surface area contributed by atoms with Crippen LogP contribution in [0.4, 0.5) is 10.1 Å². The molecule has 0 amide bonds. The number of nitrogens with zero attached hydrogens (tertiary/aromatic N) is 2. The highest BCUT2D eigenvalue weighted by Gasteiger charge is 2.08. The molecule has 0 aromatic heterocycles. The molecular formula is C10H11FN2. The van der Waals surface area contributed by atoms with Gasteiger partial charge in [0.25, 0.3) is 0 Å². The van der Waals surface area contributed by atoms with Gasteiger partial charge < -0.3 is 4.90 Å². The van der Waals surface area contributed by atoms with Gasteiger partial charge >= 0.3 is 0 Å². The predicted molar refractivity (Wildman–Crippen MR) is 50.0 cm³/mol. The van der Waals surface area contributed by atoms with Crippen LogP contribution in [-0.2, 0) is 6.42 Å². The lowest BCUT2D eigenvalue weighted by molar-refractivity contribution is 0.614. The molecule has 1 aromatic carbocycles. The first-order valence-electron chi connectivity index (χ1n) is 3.98. The van der Waals surface area contributed by atoms with E-state index in [1.807, 2.05) is 6.07 Å². The maximum absolute atomic E-state index is 13.5. The fraction of sp³-hybridized carbons (Fsp3) is 0.300. The number of rotatable bonds is 2. The van der Waals surface area contributed by atoms with Crippen molar-refractivity contribution in [3.8, 4) is 6.07 Å². The van der Waals surface area contributed by atoms with Crippen molar-refractivity contribution in [2.24, 2.45) is 0 Å². The average Bonchev–Trinajstić information content (AvgIpc) is 2.08. The summed E-state index contributed by atoms with van der Waals surface area (Å²) >= 11 is 0. The van der Waals surface area contributed by atoms with E-state index in [0.29, 0.717) is 11.3 Å². The molecule has 0 atom stereocenters. The molecule has 0 radical (unpaired) electrons. The monoisotopic (exact) mass is 178 g/mol. The van der Waals surface area contributed by atoms with Gasteiger partial charge in [-0.05, 0) is 6.07 Å². The molecule has 0 saturated heterocycles. The third-order valence-corrected chi connectivity index (χ3v) is 1.81. The van der Waals surface area contributed by atoms with Crippen LogP contribution in [0.25, 0.3) is 0 Å². The summed E-state index contributed by atoms with van der Waals surface area (Å²) in [5.41, 5.74) is 0.974. The summed E-state index contributed by atoms with van der Waals surface area (Å²) in [7, 11) is 3.54. The van der Waals surface area contributed by atoms with Crippen molar-refractivity contribution in [3.05, 3.63) is 29.6 Å². The van der Waals surface area contributed by atoms with Crippen molar-refractivity contribution in [1.29, 1.82) is 5.26 Å². The number of benzene rings is 1. The van der Waals surface area contributed by atoms with Crippen LogP contribution in [0.3, 0.4) is 0 Å². The van der Waals surface area contributed by atoms with Crippen LogP contribution in [-0.4, -0.2) is 14.1 Å². The standard InChI is InChI=1S/C10H11FN2/c1-13(2)9-5-3-4-8(6-7-12)10(9)11/h3-5H,6H2,1-2H3. The minimum Gasteiger partial charge on any atom is -0.375 e. The summed E-state index contributed by atoms with van der Waals surface area (Å²) in [5.74, 6) is -0.297. The molecule has 0 N–H and O–H groups in total. The molecule has 13 heavy (non-hydrogen) atoms. The Balaban J connectivity index is 3.12. The van der Waals surface area contributed by atoms with Crippen molar-refractivity contribution in [3.63, 3.8) is 0 Å². The number of halogens is 1. The Morgan fingerprint density at radius 1 is 1.46 bits per heavy atom. The molecule has 68 valence electrons. The van der Waals surface area contributed by atoms with Crippen molar-refractivity contribution in [1.82, 2.24) is 0 Å². The van der Waals surface area contributed by atoms with E-state index in [4.69, 9.17) is 5.26 Å². The maximum atomic E-state index is 13.5. The molecule has 0 spiro atoms. The van der Waals surface area contributed by atoms with E-state index in [-0.39, 0.29) is 12.2 Å². The second-order valence-corrected chi connectivity index (χ2v) is 2.98. The Morgan fingerprint density at radius 2 is 2.15 bits per heavy atom. The predicted octanol–water partition coefficient (Wildman–Crippen LogP) is 1.96. The quantitative estimate of drug-likeness (QED) is 0.692. The Hall–Kier alpha value is -1.56. The van der Waals surface area contributed by atoms with Gasteiger partial charge in [0, 0.05) is 19.7 Å². The first-order valence-corrected chi connectivity index (χ1v) is 3.98. The largest absolute Gasteiger partial charge is 0.375 e. The summed E-state index contributed by atoms with van der Waals surface area (Å²) in [6.45, 7) is 0. The smallest absolute Gasteiger partial charge is 0.150 e. The zero-order valence-corrected chi connectivity index (χ0v) is 7.71. The van der Waals surface area contributed by atoms with E-state index in [1.54, 1.807) is 37.2 Å². The lowest BCUT2D eigenvalue weighted by Gasteiger charge is -2.14. The van der Waals surface area contributed by atoms with Gasteiger partial charge in [-0.2, -0.15) is 5.26 Å². The van der Waals surface area contributed by atoms with Crippen LogP contribution in [0.2, 0.25) is 0 Å². The van der Waals surface area contributed by atoms with E-state index >= 15 is 0 Å². The molecule has 0 heterocycles. The van der Waals surface area contributed by atoms with E-state index in [9.17, 15) is 4.39 Å². The summed E-state index contributed by atoms with van der Waals surface area (Å²) < 4.78 is 13.5. The lowest BCUT2D eigenvalue weighted by Crippen LogP contribution is -2.11. The fourth-order valence-electron chi connectivity index (χ4n) is 1.13. The molecule has 1 aromatic rings. The molecule has 0 bridgehead atoms. The van der Waals surface area contributed by atoms with Gasteiger partial charge in [0.1, 0.15) is 0 Å². The summed E-state index contributed by atoms with van der Waals surface area (Å²) in [5, 5.41) is 8.44. The molecule has 3 heteroatoms. The third-order valence-electron chi connectivity index (χ3n) is 1.81. The van der Waals surface area contributed by atoms with Crippen molar-refractivity contribution in [2.45, 2.75) is 6.42 Å². The molecule has 0 saturated carbocycles. The van der Waals surface area contributed by atoms with Crippen LogP contribution in [0.15, 0.2) is 18.2 Å². The van der Waals surface area contributed by atoms with Crippen LogP contribution < -0.4 is 4.90 Å². The topological polar surface area (TPSA) is 27.0 Å². The number of anilines is 1. The Morgan fingerprint density at radius 3 is 2.69 bits per heavy atom. The highest BCUT2D eigenvalue weighted by molar-refractivity contribution is 5.49. The zero-order valence-electron chi connectivity index (χ0n) is 7.71. The Bertz CT molecular complexity index is 339. The normalized spacial score (nSPS) is 9.38. The van der Waals surface area contributed by atoms with Gasteiger partial charge in [0.2, 0.25) is 0 Å². The second-order valence-electron chi connectivity index (χ2n) is 2.98. The average molecular weight is 178 g/mol. The van der Waals surface area contributed by atoms with E-state index in [1.165, 1.54) is 0 Å². The summed E-state index contributed by atoms with van der Waals surface area (Å²) in [6, 6.07) is 7.01. The molecule has 1 rings (SSSR count). The van der Waals surface area contributed by atoms with Gasteiger partial charge in [-0.1, -0.05) is 12.1 Å². The van der Waals surface area contributed by atoms with E-state index in [2.05, 4.69) is 0 Å². The SMILES string of the molecule is CN(C)c1cccc(CC#N)c1F. The molecule has 0 aliphatic heterocycles. The second kappa shape index (κ2) is 3.90. The summed E-state index contributed by atoms with van der Waals surface area (Å²) in [6.07, 6.45) is 0.119. The third kappa shape index (κ3) is 1.97. The molecule has 2 nitrogen and oxygen atoms in total. The number of hydrogen-bond donors (Lipinski definition) is 0. The first-order chi connectivity index (χ1) is 6.16. The first kappa shape index (κ1) is 9.53. The Kier molecular flexibility index (Phi) is 2.86. The van der Waals surface area contributed by atoms with Crippen LogP contribution in [0, 0.1) is 17.1 Å². The van der Waals surface area contributed by atoms with Gasteiger partial charge in [-0.25, -0.2) is 4.39 Å². The zero-order chi connectivity index (χ0) is 9.84. The van der Waals surface area contributed by atoms with Crippen LogP contribution >= 0.6 is 0 Å². The van der Waals surface area contributed by atoms with Gasteiger partial charge in [-0.15, -0.1) is 0 Å². The highest BCUT2D eigenvalue weighted by atomic mass is 19.1.